The zero-order valence-corrected chi connectivity index (χ0v) is 19.3. The Balaban J connectivity index is 1.54. The van der Waals surface area contributed by atoms with Crippen molar-refractivity contribution in [2.45, 2.75) is 37.5 Å². The van der Waals surface area contributed by atoms with Crippen molar-refractivity contribution in [3.63, 3.8) is 0 Å². The summed E-state index contributed by atoms with van der Waals surface area (Å²) in [4.78, 5) is 12.1. The third-order valence-corrected chi connectivity index (χ3v) is 10.3. The number of carbonyl (C=O) groups excluding carboxylic acids is 1. The number of ketones is 1. The number of nitrogens with one attached hydrogen (secondary N) is 1. The van der Waals surface area contributed by atoms with Crippen LogP contribution < -0.4 is 5.43 Å². The van der Waals surface area contributed by atoms with Gasteiger partial charge in [-0.15, -0.1) is 15.6 Å². The number of aliphatic hydroxyl groups is 1. The van der Waals surface area contributed by atoms with Gasteiger partial charge in [-0.3, -0.25) is 4.79 Å². The fourth-order valence-electron chi connectivity index (χ4n) is 2.35. The third kappa shape index (κ3) is 8.64. The summed E-state index contributed by atoms with van der Waals surface area (Å²) in [5.41, 5.74) is 3.13. The van der Waals surface area contributed by atoms with E-state index in [0.717, 1.165) is 12.4 Å². The maximum Gasteiger partial charge on any atom is 0.500 e. The van der Waals surface area contributed by atoms with Crippen molar-refractivity contribution in [3.8, 4) is 0 Å². The van der Waals surface area contributed by atoms with Gasteiger partial charge in [0.25, 0.3) is 0 Å². The topological polar surface area (TPSA) is 92.8 Å². The van der Waals surface area contributed by atoms with Crippen molar-refractivity contribution in [2.24, 2.45) is 0 Å². The van der Waals surface area contributed by atoms with Crippen LogP contribution in [0.2, 0.25) is 6.04 Å². The van der Waals surface area contributed by atoms with Crippen LogP contribution >= 0.6 is 35.7 Å². The molecule has 2 aliphatic rings. The molecule has 0 aromatic rings. The van der Waals surface area contributed by atoms with Gasteiger partial charge in [0, 0.05) is 57.9 Å². The Morgan fingerprint density at radius 1 is 1.48 bits per heavy atom. The summed E-state index contributed by atoms with van der Waals surface area (Å²) < 4.78 is 24.3. The van der Waals surface area contributed by atoms with Gasteiger partial charge in [0.05, 0.1) is 23.1 Å². The molecule has 0 aliphatic carbocycles. The number of carbonyl (C=O) groups is 1. The first-order valence-corrected chi connectivity index (χ1v) is 13.3. The first kappa shape index (κ1) is 23.5. The SMILES string of the molecule is CO[Si](CCCC(=O)CC(O)CSN1NC=C(SCC2CO2)S1)(OC)OC. The number of epoxide rings is 1. The second kappa shape index (κ2) is 12.1. The van der Waals surface area contributed by atoms with Gasteiger partial charge in [0.15, 0.2) is 0 Å². The summed E-state index contributed by atoms with van der Waals surface area (Å²) in [6.45, 7) is 0.864. The van der Waals surface area contributed by atoms with E-state index in [1.54, 1.807) is 45.0 Å². The van der Waals surface area contributed by atoms with Crippen molar-refractivity contribution >= 4 is 50.2 Å². The molecule has 27 heavy (non-hydrogen) atoms. The van der Waals surface area contributed by atoms with Crippen LogP contribution in [0.3, 0.4) is 0 Å². The average molecular weight is 457 g/mol. The number of Topliss-reactive ketones (excluding diaryl/α,β-unsaturated/α-hetero) is 1. The van der Waals surface area contributed by atoms with Gasteiger partial charge >= 0.3 is 8.80 Å². The quantitative estimate of drug-likeness (QED) is 0.215. The lowest BCUT2D eigenvalue weighted by molar-refractivity contribution is -0.120. The Morgan fingerprint density at radius 3 is 2.81 bits per heavy atom. The number of hydrogen-bond acceptors (Lipinski definition) is 11. The largest absolute Gasteiger partial charge is 0.500 e. The smallest absolute Gasteiger partial charge is 0.392 e. The Morgan fingerprint density at radius 2 is 2.19 bits per heavy atom. The standard InChI is InChI=1S/C15H28N2O6S3Si/c1-20-27(21-2,22-3)6-4-5-12(18)7-13(19)10-25-17-16-8-15(26-17)24-11-14-9-23-14/h8,13-14,16,19H,4-7,9-11H2,1-3H3. The van der Waals surface area contributed by atoms with E-state index in [1.807, 2.05) is 10.0 Å². The molecule has 2 unspecified atom stereocenters. The Kier molecular flexibility index (Phi) is 10.5. The van der Waals surface area contributed by atoms with Crippen LogP contribution in [0, 0.1) is 0 Å². The third-order valence-electron chi connectivity index (χ3n) is 3.99. The number of ether oxygens (including phenoxy) is 1. The van der Waals surface area contributed by atoms with Crippen molar-refractivity contribution in [2.75, 3.05) is 39.4 Å². The molecule has 8 nitrogen and oxygen atoms in total. The lowest BCUT2D eigenvalue weighted by Crippen LogP contribution is -2.42. The number of aliphatic hydroxyl groups excluding tert-OH is 1. The molecule has 1 fully saturated rings. The first-order valence-electron chi connectivity index (χ1n) is 8.67. The minimum atomic E-state index is -2.63. The Hall–Kier alpha value is 0.237. The normalized spacial score (nSPS) is 21.0. The first-order chi connectivity index (χ1) is 13.0. The molecule has 2 heterocycles. The second-order valence-electron chi connectivity index (χ2n) is 6.05. The number of hydrogen-bond donors (Lipinski definition) is 2. The molecule has 0 saturated carbocycles. The molecule has 2 atom stereocenters. The highest BCUT2D eigenvalue weighted by molar-refractivity contribution is 8.25. The minimum Gasteiger partial charge on any atom is -0.392 e. The van der Waals surface area contributed by atoms with Crippen LogP contribution in [0.5, 0.6) is 0 Å². The Bertz CT molecular complexity index is 500. The van der Waals surface area contributed by atoms with Crippen LogP contribution in [0.1, 0.15) is 19.3 Å². The highest BCUT2D eigenvalue weighted by atomic mass is 32.2. The molecule has 0 radical (unpaired) electrons. The van der Waals surface area contributed by atoms with E-state index in [9.17, 15) is 9.90 Å². The van der Waals surface area contributed by atoms with Crippen LogP contribution in [0.15, 0.2) is 10.4 Å². The zero-order valence-electron chi connectivity index (χ0n) is 15.8. The molecule has 0 amide bonds. The van der Waals surface area contributed by atoms with E-state index >= 15 is 0 Å². The molecule has 0 aromatic heterocycles. The molecule has 2 N–H and O–H groups in total. The van der Waals surface area contributed by atoms with Crippen LogP contribution in [-0.4, -0.2) is 75.2 Å². The van der Waals surface area contributed by atoms with Crippen LogP contribution in [0.25, 0.3) is 0 Å². The molecule has 1 saturated heterocycles. The molecule has 0 spiro atoms. The van der Waals surface area contributed by atoms with E-state index in [2.05, 4.69) is 5.43 Å². The molecule has 2 aliphatic heterocycles. The molecule has 0 aromatic carbocycles. The average Bonchev–Trinajstić information content (AvgIpc) is 3.39. The predicted molar refractivity (Wildman–Crippen MR) is 112 cm³/mol. The highest BCUT2D eigenvalue weighted by Gasteiger charge is 2.37. The van der Waals surface area contributed by atoms with Gasteiger partial charge < -0.3 is 28.5 Å². The van der Waals surface area contributed by atoms with Gasteiger partial charge in [-0.25, -0.2) is 0 Å². The minimum absolute atomic E-state index is 0.0372. The van der Waals surface area contributed by atoms with Gasteiger partial charge in [0.1, 0.15) is 5.78 Å². The van der Waals surface area contributed by atoms with Gasteiger partial charge in [-0.05, 0) is 30.3 Å². The fraction of sp³-hybridized carbons (Fsp3) is 0.800. The Labute approximate surface area is 174 Å². The summed E-state index contributed by atoms with van der Waals surface area (Å²) in [5, 5.41) is 10.1. The van der Waals surface area contributed by atoms with Gasteiger partial charge in [-0.2, -0.15) is 0 Å². The molecular formula is C15H28N2O6S3Si. The van der Waals surface area contributed by atoms with Crippen LogP contribution in [0.4, 0.5) is 0 Å². The lowest BCUT2D eigenvalue weighted by atomic mass is 10.1. The van der Waals surface area contributed by atoms with E-state index in [0.29, 0.717) is 30.7 Å². The van der Waals surface area contributed by atoms with Crippen molar-refractivity contribution in [1.29, 1.82) is 0 Å². The maximum atomic E-state index is 12.1. The second-order valence-corrected chi connectivity index (χ2v) is 12.6. The molecule has 12 heteroatoms. The summed E-state index contributed by atoms with van der Waals surface area (Å²) in [6, 6.07) is 0.583. The van der Waals surface area contributed by atoms with Gasteiger partial charge in [0.2, 0.25) is 0 Å². The fourth-order valence-corrected chi connectivity index (χ4v) is 7.09. The summed E-state index contributed by atoms with van der Waals surface area (Å²) in [6.07, 6.45) is 2.83. The number of hydrazine groups is 1. The van der Waals surface area contributed by atoms with Gasteiger partial charge in [-0.1, -0.05) is 0 Å². The molecule has 2 rings (SSSR count). The molecule has 0 bridgehead atoms. The number of rotatable bonds is 15. The molecule has 156 valence electrons. The number of thioether (sulfide) groups is 1. The lowest BCUT2D eigenvalue weighted by Gasteiger charge is -2.24. The predicted octanol–water partition coefficient (Wildman–Crippen LogP) is 2.01. The summed E-state index contributed by atoms with van der Waals surface area (Å²) in [7, 11) is 2.06. The van der Waals surface area contributed by atoms with Crippen molar-refractivity contribution in [3.05, 3.63) is 10.4 Å². The zero-order chi connectivity index (χ0) is 19.7. The van der Waals surface area contributed by atoms with Crippen LogP contribution in [-0.2, 0) is 22.8 Å². The van der Waals surface area contributed by atoms with E-state index in [-0.39, 0.29) is 12.2 Å². The monoisotopic (exact) mass is 456 g/mol. The summed E-state index contributed by atoms with van der Waals surface area (Å²) in [5.74, 6) is 1.46. The van der Waals surface area contributed by atoms with E-state index in [4.69, 9.17) is 18.0 Å². The highest BCUT2D eigenvalue weighted by Crippen LogP contribution is 2.39. The summed E-state index contributed by atoms with van der Waals surface area (Å²) >= 11 is 4.80. The van der Waals surface area contributed by atoms with E-state index in [1.165, 1.54) is 16.2 Å². The van der Waals surface area contributed by atoms with E-state index < -0.39 is 14.9 Å². The van der Waals surface area contributed by atoms with Crippen molar-refractivity contribution in [1.82, 2.24) is 9.25 Å². The van der Waals surface area contributed by atoms with Crippen molar-refractivity contribution < 1.29 is 27.9 Å². The maximum absolute atomic E-state index is 12.1. The number of nitrogens with zero attached hydrogens (tertiary/aromatic N) is 1. The molecular weight excluding hydrogens is 428 g/mol.